The molecular formula is C19H21FN4O3. The summed E-state index contributed by atoms with van der Waals surface area (Å²) < 4.78 is 17.9. The van der Waals surface area contributed by atoms with Gasteiger partial charge in [-0.15, -0.1) is 0 Å². The number of piperazine rings is 1. The number of ether oxygens (including phenoxy) is 1. The molecule has 1 N–H and O–H groups in total. The number of amides is 2. The molecule has 1 aliphatic rings. The highest BCUT2D eigenvalue weighted by molar-refractivity contribution is 6.04. The lowest BCUT2D eigenvalue weighted by Gasteiger charge is -2.34. The molecule has 3 rings (SSSR count). The maximum Gasteiger partial charge on any atom is 0.409 e. The summed E-state index contributed by atoms with van der Waals surface area (Å²) in [6.07, 6.45) is 1.29. The van der Waals surface area contributed by atoms with Gasteiger partial charge in [0.25, 0.3) is 5.91 Å². The van der Waals surface area contributed by atoms with E-state index in [1.165, 1.54) is 24.3 Å². The fourth-order valence-corrected chi connectivity index (χ4v) is 2.78. The SMILES string of the molecule is CCOC(=O)N1CCN(c2ccc(NC(=O)c3ccc(F)cc3)cn2)CC1. The van der Waals surface area contributed by atoms with Gasteiger partial charge in [-0.25, -0.2) is 14.2 Å². The van der Waals surface area contributed by atoms with E-state index in [4.69, 9.17) is 4.74 Å². The Labute approximate surface area is 156 Å². The molecule has 0 bridgehead atoms. The lowest BCUT2D eigenvalue weighted by molar-refractivity contribution is 0.102. The molecule has 27 heavy (non-hydrogen) atoms. The van der Waals surface area contributed by atoms with Gasteiger partial charge in [-0.05, 0) is 43.3 Å². The minimum absolute atomic E-state index is 0.288. The number of anilines is 2. The van der Waals surface area contributed by atoms with E-state index in [0.29, 0.717) is 44.0 Å². The number of hydrogen-bond donors (Lipinski definition) is 1. The molecule has 0 radical (unpaired) electrons. The second kappa shape index (κ2) is 8.48. The molecule has 0 saturated carbocycles. The van der Waals surface area contributed by atoms with Crippen molar-refractivity contribution < 1.29 is 18.7 Å². The molecular weight excluding hydrogens is 351 g/mol. The number of nitrogens with one attached hydrogen (secondary N) is 1. The fourth-order valence-electron chi connectivity index (χ4n) is 2.78. The molecule has 0 unspecified atom stereocenters. The van der Waals surface area contributed by atoms with E-state index in [1.54, 1.807) is 24.1 Å². The van der Waals surface area contributed by atoms with Crippen molar-refractivity contribution in [3.63, 3.8) is 0 Å². The number of hydrogen-bond acceptors (Lipinski definition) is 5. The molecule has 2 heterocycles. The molecule has 142 valence electrons. The molecule has 0 spiro atoms. The highest BCUT2D eigenvalue weighted by atomic mass is 19.1. The predicted octanol–water partition coefficient (Wildman–Crippen LogP) is 2.75. The van der Waals surface area contributed by atoms with Crippen LogP contribution in [0.25, 0.3) is 0 Å². The monoisotopic (exact) mass is 372 g/mol. The number of carbonyl (C=O) groups excluding carboxylic acids is 2. The second-order valence-electron chi connectivity index (χ2n) is 6.04. The lowest BCUT2D eigenvalue weighted by atomic mass is 10.2. The number of halogens is 1. The Morgan fingerprint density at radius 2 is 1.81 bits per heavy atom. The maximum absolute atomic E-state index is 12.9. The van der Waals surface area contributed by atoms with Crippen LogP contribution in [0.3, 0.4) is 0 Å². The van der Waals surface area contributed by atoms with Crippen LogP contribution in [0.15, 0.2) is 42.6 Å². The summed E-state index contributed by atoms with van der Waals surface area (Å²) in [6.45, 7) is 4.62. The van der Waals surface area contributed by atoms with Gasteiger partial charge in [0.15, 0.2) is 0 Å². The van der Waals surface area contributed by atoms with Gasteiger partial charge in [0.05, 0.1) is 18.5 Å². The van der Waals surface area contributed by atoms with Gasteiger partial charge in [0.2, 0.25) is 0 Å². The number of pyridine rings is 1. The highest BCUT2D eigenvalue weighted by Crippen LogP contribution is 2.17. The van der Waals surface area contributed by atoms with Gasteiger partial charge in [-0.2, -0.15) is 0 Å². The molecule has 1 aliphatic heterocycles. The van der Waals surface area contributed by atoms with Gasteiger partial charge in [-0.3, -0.25) is 4.79 Å². The Morgan fingerprint density at radius 3 is 2.41 bits per heavy atom. The first-order chi connectivity index (χ1) is 13.1. The van der Waals surface area contributed by atoms with E-state index in [0.717, 1.165) is 5.82 Å². The van der Waals surface area contributed by atoms with Gasteiger partial charge < -0.3 is 19.9 Å². The van der Waals surface area contributed by atoms with Crippen molar-refractivity contribution in [2.24, 2.45) is 0 Å². The van der Waals surface area contributed by atoms with Gasteiger partial charge in [0.1, 0.15) is 11.6 Å². The molecule has 2 aromatic rings. The summed E-state index contributed by atoms with van der Waals surface area (Å²) in [7, 11) is 0. The molecule has 8 heteroatoms. The minimum atomic E-state index is -0.388. The standard InChI is InChI=1S/C19H21FN4O3/c1-2-27-19(26)24-11-9-23(10-12-24)17-8-7-16(13-21-17)22-18(25)14-3-5-15(20)6-4-14/h3-8,13H,2,9-12H2,1H3,(H,22,25). The summed E-state index contributed by atoms with van der Waals surface area (Å²) in [5.74, 6) is 0.0616. The number of nitrogens with zero attached hydrogens (tertiary/aromatic N) is 3. The van der Waals surface area contributed by atoms with E-state index >= 15 is 0 Å². The molecule has 1 aromatic carbocycles. The van der Waals surface area contributed by atoms with Crippen LogP contribution in [0.1, 0.15) is 17.3 Å². The zero-order chi connectivity index (χ0) is 19.2. The first kappa shape index (κ1) is 18.6. The summed E-state index contributed by atoms with van der Waals surface area (Å²) >= 11 is 0. The van der Waals surface area contributed by atoms with Crippen molar-refractivity contribution in [2.45, 2.75) is 6.92 Å². The second-order valence-corrected chi connectivity index (χ2v) is 6.04. The Bertz CT molecular complexity index is 788. The summed E-state index contributed by atoms with van der Waals surface area (Å²) in [5.41, 5.74) is 0.925. The Hall–Kier alpha value is -3.16. The molecule has 1 saturated heterocycles. The number of rotatable bonds is 4. The summed E-state index contributed by atoms with van der Waals surface area (Å²) in [4.78, 5) is 32.0. The third-order valence-corrected chi connectivity index (χ3v) is 4.24. The minimum Gasteiger partial charge on any atom is -0.450 e. The molecule has 1 fully saturated rings. The van der Waals surface area contributed by atoms with Crippen molar-refractivity contribution in [1.82, 2.24) is 9.88 Å². The molecule has 0 aliphatic carbocycles. The van der Waals surface area contributed by atoms with Crippen molar-refractivity contribution in [2.75, 3.05) is 43.0 Å². The van der Waals surface area contributed by atoms with Crippen LogP contribution in [-0.2, 0) is 4.74 Å². The van der Waals surface area contributed by atoms with E-state index in [9.17, 15) is 14.0 Å². The number of benzene rings is 1. The van der Waals surface area contributed by atoms with Crippen molar-refractivity contribution in [1.29, 1.82) is 0 Å². The van der Waals surface area contributed by atoms with Crippen molar-refractivity contribution >= 4 is 23.5 Å². The molecule has 1 aromatic heterocycles. The largest absolute Gasteiger partial charge is 0.450 e. The quantitative estimate of drug-likeness (QED) is 0.893. The smallest absolute Gasteiger partial charge is 0.409 e. The maximum atomic E-state index is 12.9. The van der Waals surface area contributed by atoms with Crippen molar-refractivity contribution in [3.05, 3.63) is 54.0 Å². The van der Waals surface area contributed by atoms with Crippen LogP contribution in [-0.4, -0.2) is 54.7 Å². The zero-order valence-corrected chi connectivity index (χ0v) is 15.0. The topological polar surface area (TPSA) is 74.8 Å². The lowest BCUT2D eigenvalue weighted by Crippen LogP contribution is -2.49. The van der Waals surface area contributed by atoms with Crippen molar-refractivity contribution in [3.8, 4) is 0 Å². The average Bonchev–Trinajstić information content (AvgIpc) is 2.69. The van der Waals surface area contributed by atoms with Crippen LogP contribution in [0.5, 0.6) is 0 Å². The molecule has 2 amide bonds. The van der Waals surface area contributed by atoms with Crippen LogP contribution in [0.2, 0.25) is 0 Å². The summed E-state index contributed by atoms with van der Waals surface area (Å²) in [5, 5.41) is 2.73. The van der Waals surface area contributed by atoms with Crippen LogP contribution < -0.4 is 10.2 Å². The number of carbonyl (C=O) groups is 2. The van der Waals surface area contributed by atoms with Gasteiger partial charge >= 0.3 is 6.09 Å². The summed E-state index contributed by atoms with van der Waals surface area (Å²) in [6, 6.07) is 8.92. The fraction of sp³-hybridized carbons (Fsp3) is 0.316. The van der Waals surface area contributed by atoms with E-state index in [-0.39, 0.29) is 17.8 Å². The van der Waals surface area contributed by atoms with E-state index in [2.05, 4.69) is 15.2 Å². The van der Waals surface area contributed by atoms with Crippen LogP contribution in [0.4, 0.5) is 20.7 Å². The van der Waals surface area contributed by atoms with E-state index < -0.39 is 0 Å². The Kier molecular flexibility index (Phi) is 5.85. The first-order valence-electron chi connectivity index (χ1n) is 8.76. The normalized spacial score (nSPS) is 14.0. The van der Waals surface area contributed by atoms with Crippen LogP contribution >= 0.6 is 0 Å². The predicted molar refractivity (Wildman–Crippen MR) is 99.4 cm³/mol. The third-order valence-electron chi connectivity index (χ3n) is 4.24. The Morgan fingerprint density at radius 1 is 1.11 bits per heavy atom. The average molecular weight is 372 g/mol. The highest BCUT2D eigenvalue weighted by Gasteiger charge is 2.22. The third kappa shape index (κ3) is 4.72. The zero-order valence-electron chi connectivity index (χ0n) is 15.0. The molecule has 7 nitrogen and oxygen atoms in total. The van der Waals surface area contributed by atoms with Gasteiger partial charge in [-0.1, -0.05) is 0 Å². The van der Waals surface area contributed by atoms with E-state index in [1.807, 2.05) is 6.07 Å². The number of aromatic nitrogens is 1. The first-order valence-corrected chi connectivity index (χ1v) is 8.76. The van der Waals surface area contributed by atoms with Crippen LogP contribution in [0, 0.1) is 5.82 Å². The van der Waals surface area contributed by atoms with Gasteiger partial charge in [0, 0.05) is 31.7 Å². The molecule has 0 atom stereocenters. The Balaban J connectivity index is 1.55.